The zero-order chi connectivity index (χ0) is 22.2. The molecule has 2 aromatic rings. The number of hydrogen-bond donors (Lipinski definition) is 2. The molecule has 31 heavy (non-hydrogen) atoms. The van der Waals surface area contributed by atoms with Gasteiger partial charge >= 0.3 is 5.97 Å². The molecule has 4 unspecified atom stereocenters. The van der Waals surface area contributed by atoms with Crippen molar-refractivity contribution < 1.29 is 24.2 Å². The van der Waals surface area contributed by atoms with E-state index in [0.717, 1.165) is 19.3 Å². The maximum atomic E-state index is 13.7. The second-order valence-electron chi connectivity index (χ2n) is 8.32. The molecule has 2 aliphatic rings. The predicted molar refractivity (Wildman–Crippen MR) is 115 cm³/mol. The van der Waals surface area contributed by atoms with E-state index in [4.69, 9.17) is 10.5 Å². The average molecular weight is 422 g/mol. The monoisotopic (exact) mass is 422 g/mol. The molecule has 1 amide bonds. The van der Waals surface area contributed by atoms with Crippen LogP contribution in [0.1, 0.15) is 47.5 Å². The van der Waals surface area contributed by atoms with E-state index in [1.165, 1.54) is 0 Å². The van der Waals surface area contributed by atoms with Crippen molar-refractivity contribution in [3.63, 3.8) is 0 Å². The van der Waals surface area contributed by atoms with Crippen LogP contribution in [0.2, 0.25) is 0 Å². The minimum Gasteiger partial charge on any atom is -0.497 e. The van der Waals surface area contributed by atoms with Gasteiger partial charge in [-0.25, -0.2) is 0 Å². The van der Waals surface area contributed by atoms with Crippen LogP contribution in [-0.4, -0.2) is 42.0 Å². The number of rotatable bonds is 6. The molecular weight excluding hydrogens is 396 g/mol. The molecule has 0 aromatic heterocycles. The van der Waals surface area contributed by atoms with E-state index in [1.54, 1.807) is 36.3 Å². The molecule has 1 saturated carbocycles. The summed E-state index contributed by atoms with van der Waals surface area (Å²) in [5.74, 6) is -1.47. The number of aliphatic carboxylic acids is 1. The number of nitrogens with two attached hydrogens (primary N) is 1. The van der Waals surface area contributed by atoms with Gasteiger partial charge in [0.15, 0.2) is 0 Å². The number of carboxylic acid groups (broad SMARTS) is 1. The smallest absolute Gasteiger partial charge is 0.324 e. The highest BCUT2D eigenvalue weighted by molar-refractivity contribution is 6.08. The van der Waals surface area contributed by atoms with Gasteiger partial charge in [0.05, 0.1) is 7.11 Å². The maximum Gasteiger partial charge on any atom is 0.324 e. The summed E-state index contributed by atoms with van der Waals surface area (Å²) in [6, 6.07) is 14.1. The highest BCUT2D eigenvalue weighted by atomic mass is 16.5. The van der Waals surface area contributed by atoms with E-state index >= 15 is 0 Å². The number of carboxylic acids is 1. The number of nitrogens with zero attached hydrogens (tertiary/aromatic N) is 1. The molecule has 2 aromatic carbocycles. The zero-order valence-corrected chi connectivity index (χ0v) is 17.4. The lowest BCUT2D eigenvalue weighted by Gasteiger charge is -2.48. The van der Waals surface area contributed by atoms with E-state index in [0.29, 0.717) is 28.8 Å². The summed E-state index contributed by atoms with van der Waals surface area (Å²) >= 11 is 0. The Bertz CT molecular complexity index is 1020. The van der Waals surface area contributed by atoms with Crippen molar-refractivity contribution in [3.05, 3.63) is 59.7 Å². The topological polar surface area (TPSA) is 110 Å². The second kappa shape index (κ2) is 8.15. The molecule has 1 aliphatic heterocycles. The Morgan fingerprint density at radius 2 is 2.00 bits per heavy atom. The summed E-state index contributed by atoms with van der Waals surface area (Å²) in [5, 5.41) is 9.99. The molecule has 1 aliphatic carbocycles. The Morgan fingerprint density at radius 1 is 1.23 bits per heavy atom. The Labute approximate surface area is 180 Å². The summed E-state index contributed by atoms with van der Waals surface area (Å²) in [6.07, 6.45) is 2.65. The fourth-order valence-electron chi connectivity index (χ4n) is 5.36. The third kappa shape index (κ3) is 3.39. The third-order valence-corrected chi connectivity index (χ3v) is 6.73. The number of hydrogen-bond acceptors (Lipinski definition) is 5. The van der Waals surface area contributed by atoms with Crippen LogP contribution in [0.25, 0.3) is 0 Å². The Hall–Kier alpha value is -3.19. The van der Waals surface area contributed by atoms with Gasteiger partial charge in [0.25, 0.3) is 5.91 Å². The number of anilines is 1. The molecule has 0 spiro atoms. The van der Waals surface area contributed by atoms with Gasteiger partial charge in [-0.1, -0.05) is 30.7 Å². The fourth-order valence-corrected chi connectivity index (χ4v) is 5.36. The first-order chi connectivity index (χ1) is 14.9. The number of aldehydes is 1. The van der Waals surface area contributed by atoms with Crippen molar-refractivity contribution in [2.24, 2.45) is 11.7 Å². The number of amides is 1. The van der Waals surface area contributed by atoms with Gasteiger partial charge in [-0.3, -0.25) is 9.59 Å². The summed E-state index contributed by atoms with van der Waals surface area (Å²) < 4.78 is 5.28. The van der Waals surface area contributed by atoms with Gasteiger partial charge in [-0.2, -0.15) is 0 Å². The van der Waals surface area contributed by atoms with Crippen molar-refractivity contribution in [2.45, 2.75) is 43.2 Å². The van der Waals surface area contributed by atoms with Gasteiger partial charge in [-0.05, 0) is 48.6 Å². The highest BCUT2D eigenvalue weighted by Gasteiger charge is 2.55. The van der Waals surface area contributed by atoms with Crippen molar-refractivity contribution in [1.82, 2.24) is 0 Å². The number of ether oxygens (including phenoxy) is 1. The molecular formula is C24H26N2O5. The number of methoxy groups -OCH3 is 1. The van der Waals surface area contributed by atoms with Crippen molar-refractivity contribution in [1.29, 1.82) is 0 Å². The van der Waals surface area contributed by atoms with Gasteiger partial charge < -0.3 is 25.3 Å². The maximum absolute atomic E-state index is 13.7. The lowest BCUT2D eigenvalue weighted by molar-refractivity contribution is -0.146. The zero-order valence-electron chi connectivity index (χ0n) is 17.4. The van der Waals surface area contributed by atoms with E-state index < -0.39 is 17.4 Å². The molecule has 1 fully saturated rings. The Morgan fingerprint density at radius 3 is 2.71 bits per heavy atom. The number of para-hydroxylation sites is 1. The van der Waals surface area contributed by atoms with Crippen LogP contribution in [0, 0.1) is 5.92 Å². The molecule has 7 nitrogen and oxygen atoms in total. The van der Waals surface area contributed by atoms with Crippen molar-refractivity contribution >= 4 is 23.9 Å². The van der Waals surface area contributed by atoms with Gasteiger partial charge in [0.1, 0.15) is 17.6 Å². The summed E-state index contributed by atoms with van der Waals surface area (Å²) in [7, 11) is 1.55. The SMILES string of the molecule is COc1cccc(C(=O)N2c3ccccc3C(C(N)(CC=O)C(=O)O)C3CCCC32)c1. The first-order valence-corrected chi connectivity index (χ1v) is 10.4. The first kappa shape index (κ1) is 21.1. The van der Waals surface area contributed by atoms with E-state index in [1.807, 2.05) is 24.3 Å². The standard InChI is InChI=1S/C24H26N2O5/c1-31-16-7-4-6-15(14-16)22(28)26-19-10-3-2-8-17(19)21(18-9-5-11-20(18)26)24(25,12-13-27)23(29)30/h2-4,6-8,10,13-14,18,20-21H,5,9,11-12,25H2,1H3,(H,29,30). The third-order valence-electron chi connectivity index (χ3n) is 6.73. The lowest BCUT2D eigenvalue weighted by Crippen LogP contribution is -2.60. The van der Waals surface area contributed by atoms with Crippen LogP contribution in [0.5, 0.6) is 5.75 Å². The number of carbonyl (C=O) groups excluding carboxylic acids is 2. The summed E-state index contributed by atoms with van der Waals surface area (Å²) in [5.41, 5.74) is 6.55. The molecule has 0 radical (unpaired) electrons. The minimum absolute atomic E-state index is 0.148. The number of benzene rings is 2. The van der Waals surface area contributed by atoms with Crippen molar-refractivity contribution in [2.75, 3.05) is 12.0 Å². The number of fused-ring (bicyclic) bond motifs is 2. The van der Waals surface area contributed by atoms with Crippen LogP contribution >= 0.6 is 0 Å². The molecule has 3 N–H and O–H groups in total. The average Bonchev–Trinajstić information content (AvgIpc) is 3.25. The van der Waals surface area contributed by atoms with Gasteiger partial charge in [0.2, 0.25) is 0 Å². The molecule has 162 valence electrons. The summed E-state index contributed by atoms with van der Waals surface area (Å²) in [6.45, 7) is 0. The molecule has 1 heterocycles. The van der Waals surface area contributed by atoms with E-state index in [-0.39, 0.29) is 24.3 Å². The van der Waals surface area contributed by atoms with E-state index in [2.05, 4.69) is 0 Å². The number of carbonyl (C=O) groups is 3. The normalized spacial score (nSPS) is 23.9. The lowest BCUT2D eigenvalue weighted by atomic mass is 9.66. The van der Waals surface area contributed by atoms with Crippen molar-refractivity contribution in [3.8, 4) is 5.75 Å². The largest absolute Gasteiger partial charge is 0.497 e. The van der Waals surface area contributed by atoms with Crippen LogP contribution in [0.3, 0.4) is 0 Å². The quantitative estimate of drug-likeness (QED) is 0.693. The highest BCUT2D eigenvalue weighted by Crippen LogP contribution is 2.53. The van der Waals surface area contributed by atoms with Crippen LogP contribution in [-0.2, 0) is 9.59 Å². The van der Waals surface area contributed by atoms with Crippen LogP contribution < -0.4 is 15.4 Å². The summed E-state index contributed by atoms with van der Waals surface area (Å²) in [4.78, 5) is 39.1. The Kier molecular flexibility index (Phi) is 5.54. The molecule has 0 bridgehead atoms. The van der Waals surface area contributed by atoms with Crippen LogP contribution in [0.15, 0.2) is 48.5 Å². The van der Waals surface area contributed by atoms with E-state index in [9.17, 15) is 19.5 Å². The predicted octanol–water partition coefficient (Wildman–Crippen LogP) is 2.98. The molecule has 7 heteroatoms. The first-order valence-electron chi connectivity index (χ1n) is 10.4. The second-order valence-corrected chi connectivity index (χ2v) is 8.32. The van der Waals surface area contributed by atoms with Gasteiger partial charge in [-0.15, -0.1) is 0 Å². The fraction of sp³-hybridized carbons (Fsp3) is 0.375. The molecule has 4 atom stereocenters. The van der Waals surface area contributed by atoms with Gasteiger partial charge in [0, 0.05) is 29.6 Å². The molecule has 0 saturated heterocycles. The molecule has 4 rings (SSSR count). The van der Waals surface area contributed by atoms with Crippen LogP contribution in [0.4, 0.5) is 5.69 Å². The Balaban J connectivity index is 1.86. The minimum atomic E-state index is -1.73.